The van der Waals surface area contributed by atoms with E-state index in [4.69, 9.17) is 0 Å². The summed E-state index contributed by atoms with van der Waals surface area (Å²) in [5.41, 5.74) is -0.231. The fraction of sp³-hybridized carbons (Fsp3) is 0.556. The highest BCUT2D eigenvalue weighted by molar-refractivity contribution is 5.84. The second-order valence-electron chi connectivity index (χ2n) is 6.65. The van der Waals surface area contributed by atoms with Gasteiger partial charge in [0, 0.05) is 26.1 Å². The number of carbonyl (C=O) groups excluding carboxylic acids is 2. The average molecular weight is 371 g/mol. The summed E-state index contributed by atoms with van der Waals surface area (Å²) in [6.45, 7) is 2.35. The number of likely N-dealkylation sites (N-methyl/N-ethyl adjacent to an activating group) is 1. The van der Waals surface area contributed by atoms with E-state index in [0.717, 1.165) is 12.1 Å². The number of piperidine rings is 1. The standard InChI is InChI=1S/C18H24F3N3O2/c1-11(22-2)10-23-17(26)14-8-9-15(25)24(3)16(14)12-4-6-13(7-5-12)18(19,20)21/h4-7,11,14,16,22H,8-10H2,1-3H3,(H,23,26). The van der Waals surface area contributed by atoms with Gasteiger partial charge in [-0.05, 0) is 38.1 Å². The molecule has 0 bridgehead atoms. The highest BCUT2D eigenvalue weighted by Crippen LogP contribution is 2.37. The van der Waals surface area contributed by atoms with Crippen molar-refractivity contribution in [2.24, 2.45) is 5.92 Å². The molecule has 1 aromatic carbocycles. The molecule has 0 saturated carbocycles. The average Bonchev–Trinajstić information content (AvgIpc) is 2.60. The number of alkyl halides is 3. The van der Waals surface area contributed by atoms with E-state index in [1.165, 1.54) is 17.0 Å². The van der Waals surface area contributed by atoms with Crippen LogP contribution in [0.1, 0.15) is 36.9 Å². The predicted octanol–water partition coefficient (Wildman–Crippen LogP) is 2.34. The molecule has 1 aliphatic rings. The minimum absolute atomic E-state index is 0.0893. The van der Waals surface area contributed by atoms with Crippen LogP contribution >= 0.6 is 0 Å². The number of nitrogens with one attached hydrogen (secondary N) is 2. The lowest BCUT2D eigenvalue weighted by atomic mass is 9.83. The molecular formula is C18H24F3N3O2. The molecule has 1 fully saturated rings. The van der Waals surface area contributed by atoms with Gasteiger partial charge in [-0.15, -0.1) is 0 Å². The Bertz CT molecular complexity index is 646. The van der Waals surface area contributed by atoms with Crippen molar-refractivity contribution >= 4 is 11.8 Å². The van der Waals surface area contributed by atoms with Crippen LogP contribution in [-0.4, -0.2) is 43.4 Å². The SMILES string of the molecule is CNC(C)CNC(=O)C1CCC(=O)N(C)C1c1ccc(C(F)(F)F)cc1. The smallest absolute Gasteiger partial charge is 0.354 e. The van der Waals surface area contributed by atoms with Gasteiger partial charge in [0.1, 0.15) is 0 Å². The first kappa shape index (κ1) is 20.2. The van der Waals surface area contributed by atoms with Gasteiger partial charge >= 0.3 is 6.18 Å². The normalized spacial score (nSPS) is 22.2. The van der Waals surface area contributed by atoms with Gasteiger partial charge in [-0.3, -0.25) is 9.59 Å². The number of rotatable bonds is 5. The van der Waals surface area contributed by atoms with Crippen molar-refractivity contribution in [1.82, 2.24) is 15.5 Å². The molecule has 0 spiro atoms. The van der Waals surface area contributed by atoms with E-state index >= 15 is 0 Å². The maximum Gasteiger partial charge on any atom is 0.416 e. The van der Waals surface area contributed by atoms with Crippen LogP contribution in [0.5, 0.6) is 0 Å². The molecule has 0 radical (unpaired) electrons. The van der Waals surface area contributed by atoms with Gasteiger partial charge in [-0.25, -0.2) is 0 Å². The molecule has 1 aliphatic heterocycles. The lowest BCUT2D eigenvalue weighted by molar-refractivity contribution is -0.142. The van der Waals surface area contributed by atoms with Gasteiger partial charge in [0.25, 0.3) is 0 Å². The quantitative estimate of drug-likeness (QED) is 0.835. The largest absolute Gasteiger partial charge is 0.416 e. The maximum atomic E-state index is 12.8. The number of halogens is 3. The number of hydrogen-bond acceptors (Lipinski definition) is 3. The zero-order chi connectivity index (χ0) is 19.5. The van der Waals surface area contributed by atoms with Gasteiger partial charge in [0.2, 0.25) is 11.8 Å². The van der Waals surface area contributed by atoms with E-state index in [0.29, 0.717) is 18.5 Å². The number of nitrogens with zero attached hydrogens (tertiary/aromatic N) is 1. The van der Waals surface area contributed by atoms with E-state index in [1.807, 2.05) is 6.92 Å². The maximum absolute atomic E-state index is 12.8. The summed E-state index contributed by atoms with van der Waals surface area (Å²) >= 11 is 0. The molecule has 1 heterocycles. The molecule has 8 heteroatoms. The Hall–Kier alpha value is -2.09. The molecule has 2 amide bonds. The summed E-state index contributed by atoms with van der Waals surface area (Å²) in [5, 5.41) is 5.87. The van der Waals surface area contributed by atoms with E-state index < -0.39 is 23.7 Å². The van der Waals surface area contributed by atoms with Crippen LogP contribution < -0.4 is 10.6 Å². The van der Waals surface area contributed by atoms with Crippen molar-refractivity contribution in [2.75, 3.05) is 20.6 Å². The van der Waals surface area contributed by atoms with E-state index in [2.05, 4.69) is 10.6 Å². The summed E-state index contributed by atoms with van der Waals surface area (Å²) in [6, 6.07) is 4.17. The number of amides is 2. The molecule has 3 atom stereocenters. The topological polar surface area (TPSA) is 61.4 Å². The van der Waals surface area contributed by atoms with Crippen LogP contribution in [0.2, 0.25) is 0 Å². The second kappa shape index (κ2) is 8.07. The van der Waals surface area contributed by atoms with Crippen molar-refractivity contribution in [3.63, 3.8) is 0 Å². The monoisotopic (exact) mass is 371 g/mol. The highest BCUT2D eigenvalue weighted by Gasteiger charge is 2.39. The molecule has 0 aromatic heterocycles. The van der Waals surface area contributed by atoms with Gasteiger partial charge in [-0.2, -0.15) is 13.2 Å². The molecule has 3 unspecified atom stereocenters. The molecule has 26 heavy (non-hydrogen) atoms. The van der Waals surface area contributed by atoms with E-state index in [9.17, 15) is 22.8 Å². The third-order valence-electron chi connectivity index (χ3n) is 4.85. The summed E-state index contributed by atoms with van der Waals surface area (Å²) in [5.74, 6) is -0.822. The first-order valence-electron chi connectivity index (χ1n) is 8.53. The van der Waals surface area contributed by atoms with Crippen LogP contribution in [0, 0.1) is 5.92 Å². The zero-order valence-corrected chi connectivity index (χ0v) is 15.1. The number of likely N-dealkylation sites (tertiary alicyclic amines) is 1. The predicted molar refractivity (Wildman–Crippen MR) is 91.2 cm³/mol. The Morgan fingerprint density at radius 3 is 2.46 bits per heavy atom. The van der Waals surface area contributed by atoms with Crippen molar-refractivity contribution in [1.29, 1.82) is 0 Å². The van der Waals surface area contributed by atoms with Crippen molar-refractivity contribution in [3.8, 4) is 0 Å². The Morgan fingerprint density at radius 1 is 1.31 bits per heavy atom. The molecule has 0 aliphatic carbocycles. The summed E-state index contributed by atoms with van der Waals surface area (Å²) in [7, 11) is 3.37. The zero-order valence-electron chi connectivity index (χ0n) is 15.1. The minimum atomic E-state index is -4.42. The van der Waals surface area contributed by atoms with Crippen molar-refractivity contribution in [2.45, 2.75) is 38.0 Å². The van der Waals surface area contributed by atoms with Gasteiger partial charge in [0.05, 0.1) is 17.5 Å². The fourth-order valence-electron chi connectivity index (χ4n) is 3.12. The fourth-order valence-corrected chi connectivity index (χ4v) is 3.12. The van der Waals surface area contributed by atoms with E-state index in [1.54, 1.807) is 14.1 Å². The molecule has 2 rings (SSSR count). The number of carbonyl (C=O) groups is 2. The lowest BCUT2D eigenvalue weighted by Gasteiger charge is -2.38. The van der Waals surface area contributed by atoms with Crippen LogP contribution in [-0.2, 0) is 15.8 Å². The van der Waals surface area contributed by atoms with E-state index in [-0.39, 0.29) is 24.3 Å². The van der Waals surface area contributed by atoms with Gasteiger partial charge in [-0.1, -0.05) is 12.1 Å². The van der Waals surface area contributed by atoms with Gasteiger partial charge < -0.3 is 15.5 Å². The highest BCUT2D eigenvalue weighted by atomic mass is 19.4. The summed E-state index contributed by atoms with van der Waals surface area (Å²) < 4.78 is 38.3. The Balaban J connectivity index is 2.24. The van der Waals surface area contributed by atoms with Crippen LogP contribution in [0.15, 0.2) is 24.3 Å². The minimum Gasteiger partial charge on any atom is -0.354 e. The Labute approximate surface area is 150 Å². The number of benzene rings is 1. The van der Waals surface area contributed by atoms with Crippen LogP contribution in [0.25, 0.3) is 0 Å². The Kier molecular flexibility index (Phi) is 6.28. The molecular weight excluding hydrogens is 347 g/mol. The van der Waals surface area contributed by atoms with Crippen molar-refractivity contribution in [3.05, 3.63) is 35.4 Å². The summed E-state index contributed by atoms with van der Waals surface area (Å²) in [6.07, 6.45) is -3.81. The first-order chi connectivity index (χ1) is 12.1. The second-order valence-corrected chi connectivity index (χ2v) is 6.65. The first-order valence-corrected chi connectivity index (χ1v) is 8.53. The lowest BCUT2D eigenvalue weighted by Crippen LogP contribution is -2.48. The van der Waals surface area contributed by atoms with Crippen LogP contribution in [0.3, 0.4) is 0 Å². The summed E-state index contributed by atoms with van der Waals surface area (Å²) in [4.78, 5) is 26.2. The molecule has 144 valence electrons. The molecule has 1 saturated heterocycles. The van der Waals surface area contributed by atoms with Crippen molar-refractivity contribution < 1.29 is 22.8 Å². The third kappa shape index (κ3) is 4.55. The molecule has 5 nitrogen and oxygen atoms in total. The number of hydrogen-bond donors (Lipinski definition) is 2. The Morgan fingerprint density at radius 2 is 1.92 bits per heavy atom. The van der Waals surface area contributed by atoms with Crippen LogP contribution in [0.4, 0.5) is 13.2 Å². The van der Waals surface area contributed by atoms with Gasteiger partial charge in [0.15, 0.2) is 0 Å². The molecule has 2 N–H and O–H groups in total. The molecule has 1 aromatic rings. The third-order valence-corrected chi connectivity index (χ3v) is 4.85.